The Bertz CT molecular complexity index is 418. The lowest BCUT2D eigenvalue weighted by Gasteiger charge is -2.19. The van der Waals surface area contributed by atoms with E-state index >= 15 is 0 Å². The minimum absolute atomic E-state index is 0.0981. The lowest BCUT2D eigenvalue weighted by atomic mass is 10.1. The maximum absolute atomic E-state index is 5.77. The minimum atomic E-state index is -0.0981. The van der Waals surface area contributed by atoms with Crippen LogP contribution in [0.3, 0.4) is 0 Å². The Labute approximate surface area is 103 Å². The maximum Gasteiger partial charge on any atom is 0.128 e. The molecule has 0 atom stereocenters. The fourth-order valence-corrected chi connectivity index (χ4v) is 1.70. The Kier molecular flexibility index (Phi) is 3.48. The lowest BCUT2D eigenvalue weighted by Crippen LogP contribution is -2.20. The molecule has 0 spiro atoms. The van der Waals surface area contributed by atoms with E-state index in [2.05, 4.69) is 55.3 Å². The van der Waals surface area contributed by atoms with Crippen LogP contribution in [0.15, 0.2) is 29.3 Å². The summed E-state index contributed by atoms with van der Waals surface area (Å²) in [7, 11) is 0. The van der Waals surface area contributed by atoms with Gasteiger partial charge in [0.05, 0.1) is 18.8 Å². The number of amidine groups is 1. The highest BCUT2D eigenvalue weighted by atomic mass is 16.5. The van der Waals surface area contributed by atoms with Gasteiger partial charge >= 0.3 is 0 Å². The van der Waals surface area contributed by atoms with E-state index in [9.17, 15) is 0 Å². The topological polar surface area (TPSA) is 33.6 Å². The van der Waals surface area contributed by atoms with E-state index in [0.29, 0.717) is 6.61 Å². The summed E-state index contributed by atoms with van der Waals surface area (Å²) in [4.78, 5) is 4.42. The average molecular weight is 232 g/mol. The second kappa shape index (κ2) is 4.88. The van der Waals surface area contributed by atoms with Crippen molar-refractivity contribution < 1.29 is 4.74 Å². The van der Waals surface area contributed by atoms with Gasteiger partial charge < -0.3 is 10.1 Å². The van der Waals surface area contributed by atoms with Crippen LogP contribution in [0.4, 0.5) is 0 Å². The zero-order valence-corrected chi connectivity index (χ0v) is 10.8. The quantitative estimate of drug-likeness (QED) is 0.868. The zero-order valence-electron chi connectivity index (χ0n) is 10.8. The first-order chi connectivity index (χ1) is 8.04. The van der Waals surface area contributed by atoms with Crippen molar-refractivity contribution in [1.29, 1.82) is 0 Å². The zero-order chi connectivity index (χ0) is 12.3. The van der Waals surface area contributed by atoms with Crippen LogP contribution < -0.4 is 5.32 Å². The Hall–Kier alpha value is -1.35. The van der Waals surface area contributed by atoms with Crippen LogP contribution in [0.5, 0.6) is 0 Å². The molecule has 1 aliphatic rings. The van der Waals surface area contributed by atoms with Gasteiger partial charge in [0.2, 0.25) is 0 Å². The molecule has 0 saturated carbocycles. The van der Waals surface area contributed by atoms with Crippen molar-refractivity contribution in [2.45, 2.75) is 33.0 Å². The number of benzene rings is 1. The van der Waals surface area contributed by atoms with Crippen molar-refractivity contribution in [2.24, 2.45) is 4.99 Å². The van der Waals surface area contributed by atoms with E-state index in [1.165, 1.54) is 5.56 Å². The minimum Gasteiger partial charge on any atom is -0.371 e. The van der Waals surface area contributed by atoms with Gasteiger partial charge in [0.15, 0.2) is 0 Å². The van der Waals surface area contributed by atoms with Crippen LogP contribution in [0.25, 0.3) is 0 Å². The highest BCUT2D eigenvalue weighted by Gasteiger charge is 2.11. The van der Waals surface area contributed by atoms with Crippen LogP contribution in [-0.2, 0) is 11.3 Å². The van der Waals surface area contributed by atoms with Crippen LogP contribution in [0, 0.1) is 0 Å². The fraction of sp³-hybridized carbons (Fsp3) is 0.500. The van der Waals surface area contributed by atoms with Gasteiger partial charge in [-0.15, -0.1) is 0 Å². The molecule has 0 saturated heterocycles. The molecule has 0 unspecified atom stereocenters. The fourth-order valence-electron chi connectivity index (χ4n) is 1.70. The molecule has 0 aromatic heterocycles. The van der Waals surface area contributed by atoms with E-state index in [1.807, 2.05) is 0 Å². The Morgan fingerprint density at radius 1 is 1.35 bits per heavy atom. The summed E-state index contributed by atoms with van der Waals surface area (Å²) in [5.74, 6) is 1.00. The largest absolute Gasteiger partial charge is 0.371 e. The molecule has 1 heterocycles. The molecule has 1 aromatic rings. The van der Waals surface area contributed by atoms with Crippen LogP contribution >= 0.6 is 0 Å². The second-order valence-corrected chi connectivity index (χ2v) is 5.26. The average Bonchev–Trinajstić information content (AvgIpc) is 2.79. The summed E-state index contributed by atoms with van der Waals surface area (Å²) in [6.07, 6.45) is 0. The monoisotopic (exact) mass is 232 g/mol. The Balaban J connectivity index is 2.06. The number of nitrogens with one attached hydrogen (secondary N) is 1. The lowest BCUT2D eigenvalue weighted by molar-refractivity contribution is -0.0149. The molecular formula is C14H20N2O. The summed E-state index contributed by atoms with van der Waals surface area (Å²) in [6, 6.07) is 8.37. The number of hydrogen-bond acceptors (Lipinski definition) is 3. The van der Waals surface area contributed by atoms with Crippen molar-refractivity contribution >= 4 is 5.84 Å². The first kappa shape index (κ1) is 12.1. The highest BCUT2D eigenvalue weighted by Crippen LogP contribution is 2.13. The van der Waals surface area contributed by atoms with Gasteiger partial charge in [-0.2, -0.15) is 0 Å². The molecule has 0 aliphatic carbocycles. The van der Waals surface area contributed by atoms with Crippen LogP contribution in [0.1, 0.15) is 31.9 Å². The van der Waals surface area contributed by atoms with Crippen molar-refractivity contribution in [1.82, 2.24) is 5.32 Å². The molecule has 92 valence electrons. The summed E-state index contributed by atoms with van der Waals surface area (Å²) in [5.41, 5.74) is 2.24. The number of hydrogen-bond donors (Lipinski definition) is 1. The van der Waals surface area contributed by atoms with Gasteiger partial charge in [-0.25, -0.2) is 0 Å². The summed E-state index contributed by atoms with van der Waals surface area (Å²) < 4.78 is 5.77. The third-order valence-corrected chi connectivity index (χ3v) is 2.55. The van der Waals surface area contributed by atoms with Crippen molar-refractivity contribution in [3.05, 3.63) is 35.4 Å². The number of ether oxygens (including phenoxy) is 1. The van der Waals surface area contributed by atoms with Crippen LogP contribution in [0.2, 0.25) is 0 Å². The van der Waals surface area contributed by atoms with Crippen molar-refractivity contribution in [3.8, 4) is 0 Å². The van der Waals surface area contributed by atoms with Crippen LogP contribution in [-0.4, -0.2) is 24.5 Å². The van der Waals surface area contributed by atoms with E-state index in [1.54, 1.807) is 0 Å². The van der Waals surface area contributed by atoms with E-state index in [-0.39, 0.29) is 5.60 Å². The number of nitrogens with zero attached hydrogens (tertiary/aromatic N) is 1. The summed E-state index contributed by atoms with van der Waals surface area (Å²) in [5, 5.41) is 3.28. The molecule has 3 heteroatoms. The molecule has 0 fully saturated rings. The first-order valence-corrected chi connectivity index (χ1v) is 6.06. The number of aliphatic imine (C=N–C) groups is 1. The predicted octanol–water partition coefficient (Wildman–Crippen LogP) is 2.35. The normalized spacial score (nSPS) is 15.6. The molecule has 0 bridgehead atoms. The van der Waals surface area contributed by atoms with Gasteiger partial charge in [0.1, 0.15) is 5.84 Å². The predicted molar refractivity (Wildman–Crippen MR) is 70.4 cm³/mol. The Morgan fingerprint density at radius 3 is 2.82 bits per heavy atom. The summed E-state index contributed by atoms with van der Waals surface area (Å²) >= 11 is 0. The third-order valence-electron chi connectivity index (χ3n) is 2.55. The molecular weight excluding hydrogens is 212 g/mol. The molecule has 1 N–H and O–H groups in total. The molecule has 0 amide bonds. The van der Waals surface area contributed by atoms with E-state index in [0.717, 1.165) is 24.5 Å². The van der Waals surface area contributed by atoms with Gasteiger partial charge in [-0.05, 0) is 32.4 Å². The standard InChI is InChI=1S/C14H20N2O/c1-14(2,3)17-10-11-5-4-6-12(9-11)13-15-7-8-16-13/h4-6,9H,7-8,10H2,1-3H3,(H,15,16). The van der Waals surface area contributed by atoms with E-state index in [4.69, 9.17) is 4.74 Å². The molecule has 1 aliphatic heterocycles. The van der Waals surface area contributed by atoms with Crippen molar-refractivity contribution in [3.63, 3.8) is 0 Å². The highest BCUT2D eigenvalue weighted by molar-refractivity contribution is 5.99. The molecule has 2 rings (SSSR count). The van der Waals surface area contributed by atoms with Gasteiger partial charge in [0, 0.05) is 12.1 Å². The first-order valence-electron chi connectivity index (χ1n) is 6.06. The third kappa shape index (κ3) is 3.56. The molecule has 0 radical (unpaired) electrons. The smallest absolute Gasteiger partial charge is 0.128 e. The van der Waals surface area contributed by atoms with Gasteiger partial charge in [0.25, 0.3) is 0 Å². The second-order valence-electron chi connectivity index (χ2n) is 5.26. The van der Waals surface area contributed by atoms with Gasteiger partial charge in [-0.3, -0.25) is 4.99 Å². The molecule has 1 aromatic carbocycles. The van der Waals surface area contributed by atoms with Crippen molar-refractivity contribution in [2.75, 3.05) is 13.1 Å². The SMILES string of the molecule is CC(C)(C)OCc1cccc(C2=NCCN2)c1. The maximum atomic E-state index is 5.77. The molecule has 17 heavy (non-hydrogen) atoms. The Morgan fingerprint density at radius 2 is 2.18 bits per heavy atom. The van der Waals surface area contributed by atoms with E-state index < -0.39 is 0 Å². The van der Waals surface area contributed by atoms with Gasteiger partial charge in [-0.1, -0.05) is 18.2 Å². The number of rotatable bonds is 3. The molecule has 3 nitrogen and oxygen atoms in total. The summed E-state index contributed by atoms with van der Waals surface area (Å²) in [6.45, 7) is 8.67.